The number of hydrogen-bond donors (Lipinski definition) is 2. The van der Waals surface area contributed by atoms with Crippen molar-refractivity contribution in [1.82, 2.24) is 10.6 Å². The molecule has 0 saturated heterocycles. The molecule has 0 aliphatic rings. The maximum absolute atomic E-state index is 11.4. The molecule has 0 rings (SSSR count). The Morgan fingerprint density at radius 2 is 1.70 bits per heavy atom. The summed E-state index contributed by atoms with van der Waals surface area (Å²) in [6.07, 6.45) is 1.94. The fourth-order valence-electron chi connectivity index (χ4n) is 1.07. The normalized spacial score (nSPS) is 12.1. The fourth-order valence-corrected chi connectivity index (χ4v) is 1.07. The number of rotatable bonds is 7. The van der Waals surface area contributed by atoms with Gasteiger partial charge in [-0.25, -0.2) is 14.4 Å². The van der Waals surface area contributed by atoms with Crippen LogP contribution in [0.1, 0.15) is 20.8 Å². The number of carbonyl (C=O) groups excluding carboxylic acids is 3. The molecule has 0 aromatic carbocycles. The van der Waals surface area contributed by atoms with Crippen LogP contribution >= 0.6 is 0 Å². The van der Waals surface area contributed by atoms with Crippen LogP contribution in [0, 0.1) is 5.92 Å². The first-order valence-corrected chi connectivity index (χ1v) is 6.32. The van der Waals surface area contributed by atoms with E-state index >= 15 is 0 Å². The highest BCUT2D eigenvalue weighted by Crippen LogP contribution is 1.90. The Morgan fingerprint density at radius 3 is 2.25 bits per heavy atom. The standard InChI is InChI=1S/C13H22N2O5/c1-9(2)7-14-13(18)15-10(3)8-20-12(17)6-5-11(16)19-4/h5-6,9-10H,7-8H2,1-4H3,(H2,14,15,18)/b6-5+. The molecule has 114 valence electrons. The van der Waals surface area contributed by atoms with E-state index in [1.807, 2.05) is 13.8 Å². The van der Waals surface area contributed by atoms with Gasteiger partial charge in [-0.05, 0) is 12.8 Å². The van der Waals surface area contributed by atoms with E-state index in [2.05, 4.69) is 15.4 Å². The molecule has 2 amide bonds. The van der Waals surface area contributed by atoms with Gasteiger partial charge < -0.3 is 20.1 Å². The quantitative estimate of drug-likeness (QED) is 0.528. The maximum Gasteiger partial charge on any atom is 0.331 e. The molecule has 1 unspecified atom stereocenters. The Kier molecular flexibility index (Phi) is 8.82. The van der Waals surface area contributed by atoms with Crippen molar-refractivity contribution < 1.29 is 23.9 Å². The van der Waals surface area contributed by atoms with E-state index in [0.717, 1.165) is 12.2 Å². The lowest BCUT2D eigenvalue weighted by atomic mass is 10.2. The van der Waals surface area contributed by atoms with Crippen LogP contribution in [0.4, 0.5) is 4.79 Å². The van der Waals surface area contributed by atoms with Gasteiger partial charge in [0.25, 0.3) is 0 Å². The molecule has 0 fully saturated rings. The average Bonchev–Trinajstić information content (AvgIpc) is 2.40. The zero-order valence-electron chi connectivity index (χ0n) is 12.3. The number of esters is 2. The minimum atomic E-state index is -0.674. The van der Waals surface area contributed by atoms with E-state index in [1.165, 1.54) is 7.11 Å². The van der Waals surface area contributed by atoms with Crippen LogP contribution in [0.3, 0.4) is 0 Å². The lowest BCUT2D eigenvalue weighted by Gasteiger charge is -2.15. The molecule has 0 aromatic heterocycles. The lowest BCUT2D eigenvalue weighted by molar-refractivity contribution is -0.139. The SMILES string of the molecule is COC(=O)/C=C/C(=O)OCC(C)NC(=O)NCC(C)C. The summed E-state index contributed by atoms with van der Waals surface area (Å²) < 4.78 is 9.18. The van der Waals surface area contributed by atoms with Crippen molar-refractivity contribution in [3.05, 3.63) is 12.2 Å². The molecule has 0 heterocycles. The van der Waals surface area contributed by atoms with Crippen LogP contribution in [-0.2, 0) is 19.1 Å². The minimum absolute atomic E-state index is 0.0133. The fraction of sp³-hybridized carbons (Fsp3) is 0.615. The maximum atomic E-state index is 11.4. The highest BCUT2D eigenvalue weighted by Gasteiger charge is 2.09. The van der Waals surface area contributed by atoms with Gasteiger partial charge in [-0.3, -0.25) is 0 Å². The molecule has 0 bridgehead atoms. The molecule has 1 atom stereocenters. The number of urea groups is 1. The molecule has 0 aliphatic carbocycles. The second-order valence-corrected chi connectivity index (χ2v) is 4.64. The van der Waals surface area contributed by atoms with Gasteiger partial charge in [0, 0.05) is 18.7 Å². The summed E-state index contributed by atoms with van der Waals surface area (Å²) in [5.74, 6) is -0.954. The van der Waals surface area contributed by atoms with Crippen molar-refractivity contribution in [3.8, 4) is 0 Å². The van der Waals surface area contributed by atoms with E-state index in [-0.39, 0.29) is 18.7 Å². The summed E-state index contributed by atoms with van der Waals surface area (Å²) in [4.78, 5) is 33.4. The Balaban J connectivity index is 3.89. The van der Waals surface area contributed by atoms with Gasteiger partial charge in [0.15, 0.2) is 0 Å². The van der Waals surface area contributed by atoms with Crippen LogP contribution in [0.5, 0.6) is 0 Å². The predicted octanol–water partition coefficient (Wildman–Crippen LogP) is 0.602. The van der Waals surface area contributed by atoms with Gasteiger partial charge in [-0.15, -0.1) is 0 Å². The van der Waals surface area contributed by atoms with Crippen LogP contribution in [-0.4, -0.2) is 44.3 Å². The number of carbonyl (C=O) groups is 3. The van der Waals surface area contributed by atoms with Crippen molar-refractivity contribution in [1.29, 1.82) is 0 Å². The van der Waals surface area contributed by atoms with Crippen molar-refractivity contribution in [3.63, 3.8) is 0 Å². The summed E-state index contributed by atoms with van der Waals surface area (Å²) in [6, 6.07) is -0.648. The van der Waals surface area contributed by atoms with Gasteiger partial charge >= 0.3 is 18.0 Å². The van der Waals surface area contributed by atoms with E-state index in [4.69, 9.17) is 4.74 Å². The Bertz CT molecular complexity index is 366. The molecule has 0 aliphatic heterocycles. The highest BCUT2D eigenvalue weighted by atomic mass is 16.5. The lowest BCUT2D eigenvalue weighted by Crippen LogP contribution is -2.44. The topological polar surface area (TPSA) is 93.7 Å². The molecule has 7 nitrogen and oxygen atoms in total. The summed E-state index contributed by atoms with van der Waals surface area (Å²) in [7, 11) is 1.21. The molecular formula is C13H22N2O5. The first-order chi connectivity index (χ1) is 9.35. The molecule has 0 radical (unpaired) electrons. The Labute approximate surface area is 118 Å². The molecule has 0 saturated carbocycles. The van der Waals surface area contributed by atoms with Gasteiger partial charge in [0.1, 0.15) is 6.61 Å². The smallest absolute Gasteiger partial charge is 0.331 e. The zero-order chi connectivity index (χ0) is 15.5. The summed E-state index contributed by atoms with van der Waals surface area (Å²) in [6.45, 7) is 6.25. The number of amides is 2. The first-order valence-electron chi connectivity index (χ1n) is 6.32. The van der Waals surface area contributed by atoms with E-state index in [0.29, 0.717) is 12.5 Å². The second-order valence-electron chi connectivity index (χ2n) is 4.64. The second kappa shape index (κ2) is 9.82. The first kappa shape index (κ1) is 17.9. The molecule has 2 N–H and O–H groups in total. The van der Waals surface area contributed by atoms with Gasteiger partial charge in [0.2, 0.25) is 0 Å². The van der Waals surface area contributed by atoms with Crippen LogP contribution < -0.4 is 10.6 Å². The van der Waals surface area contributed by atoms with E-state index in [1.54, 1.807) is 6.92 Å². The number of ether oxygens (including phenoxy) is 2. The van der Waals surface area contributed by atoms with Crippen LogP contribution in [0.15, 0.2) is 12.2 Å². The van der Waals surface area contributed by atoms with Crippen molar-refractivity contribution in [2.75, 3.05) is 20.3 Å². The van der Waals surface area contributed by atoms with E-state index in [9.17, 15) is 14.4 Å². The number of methoxy groups -OCH3 is 1. The molecule has 7 heteroatoms. The molecular weight excluding hydrogens is 264 g/mol. The monoisotopic (exact) mass is 286 g/mol. The van der Waals surface area contributed by atoms with Crippen molar-refractivity contribution in [2.45, 2.75) is 26.8 Å². The largest absolute Gasteiger partial charge is 0.466 e. The zero-order valence-corrected chi connectivity index (χ0v) is 12.3. The number of nitrogens with one attached hydrogen (secondary N) is 2. The summed E-state index contributed by atoms with van der Waals surface area (Å²) in [5.41, 5.74) is 0. The number of hydrogen-bond acceptors (Lipinski definition) is 5. The van der Waals surface area contributed by atoms with Crippen LogP contribution in [0.2, 0.25) is 0 Å². The third-order valence-corrected chi connectivity index (χ3v) is 2.08. The van der Waals surface area contributed by atoms with E-state index < -0.39 is 11.9 Å². The third-order valence-electron chi connectivity index (χ3n) is 2.08. The van der Waals surface area contributed by atoms with Gasteiger partial charge in [-0.1, -0.05) is 13.8 Å². The molecule has 0 spiro atoms. The third kappa shape index (κ3) is 9.93. The highest BCUT2D eigenvalue weighted by molar-refractivity contribution is 5.91. The Morgan fingerprint density at radius 1 is 1.10 bits per heavy atom. The van der Waals surface area contributed by atoms with Gasteiger partial charge in [0.05, 0.1) is 13.2 Å². The summed E-state index contributed by atoms with van der Waals surface area (Å²) in [5, 5.41) is 5.31. The average molecular weight is 286 g/mol. The van der Waals surface area contributed by atoms with Crippen molar-refractivity contribution >= 4 is 18.0 Å². The Hall–Kier alpha value is -2.05. The minimum Gasteiger partial charge on any atom is -0.466 e. The predicted molar refractivity (Wildman–Crippen MR) is 72.9 cm³/mol. The van der Waals surface area contributed by atoms with Crippen molar-refractivity contribution in [2.24, 2.45) is 5.92 Å². The summed E-state index contributed by atoms with van der Waals surface area (Å²) >= 11 is 0. The molecule has 0 aromatic rings. The van der Waals surface area contributed by atoms with Crippen LogP contribution in [0.25, 0.3) is 0 Å². The van der Waals surface area contributed by atoms with Gasteiger partial charge in [-0.2, -0.15) is 0 Å². The molecule has 20 heavy (non-hydrogen) atoms.